The van der Waals surface area contributed by atoms with E-state index in [9.17, 15) is 30.6 Å². The van der Waals surface area contributed by atoms with Crippen LogP contribution in [0.1, 0.15) is 36.1 Å². The minimum atomic E-state index is -0.574. The van der Waals surface area contributed by atoms with E-state index < -0.39 is 5.41 Å². The quantitative estimate of drug-likeness (QED) is 0.102. The Morgan fingerprint density at radius 3 is 0.843 bits per heavy atom. The SMILES string of the molecule is CC(C)(c1c(O)ccc2ccccc12)c1c(O)ccc2ccccc12.Oc1ccc2ccccc2c1-c1c(O)ccc2ccccc12.Oc1ccc2ccccc2c1Cc1c(O)ccc2ccccc12. The number of hydrogen-bond donors (Lipinski definition) is 6. The van der Waals surface area contributed by atoms with Crippen LogP contribution in [0, 0.1) is 0 Å². The molecule has 0 heterocycles. The van der Waals surface area contributed by atoms with Gasteiger partial charge in [0, 0.05) is 45.2 Å². The van der Waals surface area contributed by atoms with Gasteiger partial charge in [0.05, 0.1) is 0 Å². The number of hydrogen-bond acceptors (Lipinski definition) is 6. The van der Waals surface area contributed by atoms with Crippen LogP contribution in [0.2, 0.25) is 0 Å². The van der Waals surface area contributed by atoms with Gasteiger partial charge in [0.2, 0.25) is 0 Å². The lowest BCUT2D eigenvalue weighted by Gasteiger charge is -2.30. The highest BCUT2D eigenvalue weighted by molar-refractivity contribution is 6.09. The molecule has 6 heteroatoms. The van der Waals surface area contributed by atoms with Crippen molar-refractivity contribution in [3.05, 3.63) is 241 Å². The molecule has 12 rings (SSSR count). The molecular formula is C64H50O6. The fraction of sp³-hybridized carbons (Fsp3) is 0.0625. The summed E-state index contributed by atoms with van der Waals surface area (Å²) in [5.74, 6) is 1.36. The first kappa shape index (κ1) is 44.8. The van der Waals surface area contributed by atoms with E-state index in [0.29, 0.717) is 17.5 Å². The van der Waals surface area contributed by atoms with Gasteiger partial charge in [-0.1, -0.05) is 196 Å². The van der Waals surface area contributed by atoms with Crippen molar-refractivity contribution >= 4 is 64.6 Å². The van der Waals surface area contributed by atoms with Crippen molar-refractivity contribution in [2.75, 3.05) is 0 Å². The highest BCUT2D eigenvalue weighted by atomic mass is 16.3. The Labute approximate surface area is 405 Å². The molecule has 0 radical (unpaired) electrons. The van der Waals surface area contributed by atoms with Crippen LogP contribution in [0.4, 0.5) is 0 Å². The van der Waals surface area contributed by atoms with Crippen LogP contribution in [0.5, 0.6) is 34.5 Å². The molecule has 0 fully saturated rings. The van der Waals surface area contributed by atoms with Gasteiger partial charge in [-0.05, 0) is 101 Å². The molecule has 70 heavy (non-hydrogen) atoms. The summed E-state index contributed by atoms with van der Waals surface area (Å²) in [7, 11) is 0. The summed E-state index contributed by atoms with van der Waals surface area (Å²) in [6, 6.07) is 69.5. The Kier molecular flexibility index (Phi) is 11.9. The number of phenolic OH excluding ortho intramolecular Hbond substituents is 6. The zero-order valence-corrected chi connectivity index (χ0v) is 38.7. The first-order valence-electron chi connectivity index (χ1n) is 23.2. The summed E-state index contributed by atoms with van der Waals surface area (Å²) in [5.41, 5.74) is 4.12. The third-order valence-corrected chi connectivity index (χ3v) is 13.5. The summed E-state index contributed by atoms with van der Waals surface area (Å²) in [6.45, 7) is 4.10. The van der Waals surface area contributed by atoms with E-state index in [1.807, 2.05) is 182 Å². The zero-order chi connectivity index (χ0) is 48.5. The second kappa shape index (κ2) is 18.6. The molecule has 0 amide bonds. The van der Waals surface area contributed by atoms with Crippen LogP contribution in [-0.2, 0) is 11.8 Å². The number of rotatable bonds is 5. The predicted octanol–water partition coefficient (Wildman–Crippen LogP) is 15.8. The highest BCUT2D eigenvalue weighted by Gasteiger charge is 2.32. The molecule has 342 valence electrons. The molecule has 12 aromatic rings. The van der Waals surface area contributed by atoms with Crippen molar-refractivity contribution in [3.63, 3.8) is 0 Å². The van der Waals surface area contributed by atoms with Crippen molar-refractivity contribution in [2.45, 2.75) is 25.7 Å². The molecule has 0 spiro atoms. The van der Waals surface area contributed by atoms with Gasteiger partial charge < -0.3 is 30.6 Å². The number of aromatic hydroxyl groups is 6. The largest absolute Gasteiger partial charge is 0.508 e. The molecule has 6 nitrogen and oxygen atoms in total. The molecule has 0 aliphatic rings. The van der Waals surface area contributed by atoms with Crippen LogP contribution in [0.25, 0.3) is 75.8 Å². The predicted molar refractivity (Wildman–Crippen MR) is 288 cm³/mol. The maximum Gasteiger partial charge on any atom is 0.124 e. The fourth-order valence-electron chi connectivity index (χ4n) is 10.2. The van der Waals surface area contributed by atoms with E-state index in [0.717, 1.165) is 86.9 Å². The maximum absolute atomic E-state index is 10.7. The van der Waals surface area contributed by atoms with Gasteiger partial charge >= 0.3 is 0 Å². The van der Waals surface area contributed by atoms with Crippen molar-refractivity contribution in [3.8, 4) is 45.6 Å². The molecule has 0 saturated heterocycles. The Balaban J connectivity index is 0.000000122. The summed E-state index contributed by atoms with van der Waals surface area (Å²) < 4.78 is 0. The standard InChI is InChI=1S/C23H20O2.C21H16O2.C20H14O2/c1-23(2,21-17-9-5-3-7-15(17)11-13-19(21)24)22-18-10-6-4-8-16(18)12-14-20(22)25;22-20-11-9-14-5-1-3-7-16(14)18(20)13-19-17-8-4-2-6-15(17)10-12-21(19)23;21-17-11-9-13-5-1-3-7-15(13)19(17)20-16-8-4-2-6-14(16)10-12-18(20)22/h3-14,24-25H,1-2H3;1-12,22-23H,13H2;1-12,21-22H. The van der Waals surface area contributed by atoms with E-state index in [2.05, 4.69) is 13.8 Å². The third kappa shape index (κ3) is 8.26. The van der Waals surface area contributed by atoms with Crippen LogP contribution >= 0.6 is 0 Å². The molecule has 0 atom stereocenters. The van der Waals surface area contributed by atoms with Crippen molar-refractivity contribution in [1.82, 2.24) is 0 Å². The summed E-state index contributed by atoms with van der Waals surface area (Å²) in [6.07, 6.45) is 0.486. The van der Waals surface area contributed by atoms with Crippen molar-refractivity contribution in [1.29, 1.82) is 0 Å². The third-order valence-electron chi connectivity index (χ3n) is 13.5. The van der Waals surface area contributed by atoms with Crippen LogP contribution in [0.15, 0.2) is 218 Å². The number of phenols is 6. The lowest BCUT2D eigenvalue weighted by atomic mass is 9.73. The summed E-state index contributed by atoms with van der Waals surface area (Å²) in [5, 5.41) is 75.2. The minimum Gasteiger partial charge on any atom is -0.508 e. The zero-order valence-electron chi connectivity index (χ0n) is 38.7. The van der Waals surface area contributed by atoms with Crippen LogP contribution < -0.4 is 0 Å². The van der Waals surface area contributed by atoms with Gasteiger partial charge in [-0.25, -0.2) is 0 Å². The molecule has 0 saturated carbocycles. The van der Waals surface area contributed by atoms with Gasteiger partial charge in [-0.3, -0.25) is 0 Å². The van der Waals surface area contributed by atoms with Crippen LogP contribution in [0.3, 0.4) is 0 Å². The Morgan fingerprint density at radius 2 is 0.500 bits per heavy atom. The Hall–Kier alpha value is -9.00. The second-order valence-corrected chi connectivity index (χ2v) is 18.1. The van der Waals surface area contributed by atoms with Gasteiger partial charge in [0.25, 0.3) is 0 Å². The first-order chi connectivity index (χ1) is 34.0. The van der Waals surface area contributed by atoms with Crippen molar-refractivity contribution < 1.29 is 30.6 Å². The van der Waals surface area contributed by atoms with E-state index in [4.69, 9.17) is 0 Å². The van der Waals surface area contributed by atoms with E-state index in [1.54, 1.807) is 36.4 Å². The van der Waals surface area contributed by atoms with Crippen molar-refractivity contribution in [2.24, 2.45) is 0 Å². The Morgan fingerprint density at radius 1 is 0.257 bits per heavy atom. The number of benzene rings is 12. The molecule has 6 N–H and O–H groups in total. The molecule has 0 unspecified atom stereocenters. The van der Waals surface area contributed by atoms with Gasteiger partial charge in [-0.2, -0.15) is 0 Å². The smallest absolute Gasteiger partial charge is 0.124 e. The molecule has 0 aliphatic heterocycles. The topological polar surface area (TPSA) is 121 Å². The number of fused-ring (bicyclic) bond motifs is 6. The van der Waals surface area contributed by atoms with Gasteiger partial charge in [-0.15, -0.1) is 0 Å². The minimum absolute atomic E-state index is 0.172. The molecule has 0 bridgehead atoms. The second-order valence-electron chi connectivity index (χ2n) is 18.1. The van der Waals surface area contributed by atoms with E-state index in [-0.39, 0.29) is 34.5 Å². The normalized spacial score (nSPS) is 11.4. The molecular weight excluding hydrogens is 865 g/mol. The average molecular weight is 915 g/mol. The molecule has 12 aromatic carbocycles. The first-order valence-corrected chi connectivity index (χ1v) is 23.2. The molecule has 0 aromatic heterocycles. The lowest BCUT2D eigenvalue weighted by molar-refractivity contribution is 0.439. The van der Waals surface area contributed by atoms with E-state index in [1.165, 1.54) is 0 Å². The van der Waals surface area contributed by atoms with Gasteiger partial charge in [0.1, 0.15) is 34.5 Å². The van der Waals surface area contributed by atoms with Crippen LogP contribution in [-0.4, -0.2) is 30.6 Å². The summed E-state index contributed by atoms with van der Waals surface area (Å²) >= 11 is 0. The van der Waals surface area contributed by atoms with Gasteiger partial charge in [0.15, 0.2) is 0 Å². The average Bonchev–Trinajstić information content (AvgIpc) is 3.38. The summed E-state index contributed by atoms with van der Waals surface area (Å²) in [4.78, 5) is 0. The highest BCUT2D eigenvalue weighted by Crippen LogP contribution is 2.47. The van der Waals surface area contributed by atoms with E-state index >= 15 is 0 Å². The lowest BCUT2D eigenvalue weighted by Crippen LogP contribution is -2.20. The maximum atomic E-state index is 10.7. The Bertz CT molecular complexity index is 3670. The monoisotopic (exact) mass is 914 g/mol. The molecule has 0 aliphatic carbocycles. The fourth-order valence-corrected chi connectivity index (χ4v) is 10.2.